The summed E-state index contributed by atoms with van der Waals surface area (Å²) in [5, 5.41) is 12.0. The Morgan fingerprint density at radius 2 is 1.90 bits per heavy atom. The van der Waals surface area contributed by atoms with Crippen LogP contribution in [-0.4, -0.2) is 28.5 Å². The van der Waals surface area contributed by atoms with Gasteiger partial charge in [-0.2, -0.15) is 0 Å². The van der Waals surface area contributed by atoms with Crippen LogP contribution in [0.15, 0.2) is 24.3 Å². The standard InChI is InChI=1S/C16H24ClNO2/c1-16(2,3)18-15(17)11-14(20)13-8-6-12(7-9-13)5-4-10-19/h6-9,15,18-19H,4-5,10-11H2,1-3H3. The molecular weight excluding hydrogens is 274 g/mol. The Morgan fingerprint density at radius 3 is 2.40 bits per heavy atom. The third-order valence-corrected chi connectivity index (χ3v) is 3.12. The lowest BCUT2D eigenvalue weighted by Crippen LogP contribution is -2.41. The van der Waals surface area contributed by atoms with Crippen molar-refractivity contribution < 1.29 is 9.90 Å². The zero-order valence-electron chi connectivity index (χ0n) is 12.4. The highest BCUT2D eigenvalue weighted by Gasteiger charge is 2.18. The number of Topliss-reactive ketones (excluding diaryl/α,β-unsaturated/α-hetero) is 1. The lowest BCUT2D eigenvalue weighted by atomic mass is 10.0. The highest BCUT2D eigenvalue weighted by molar-refractivity contribution is 6.22. The molecule has 0 aliphatic heterocycles. The van der Waals surface area contributed by atoms with Crippen molar-refractivity contribution in [3.63, 3.8) is 0 Å². The highest BCUT2D eigenvalue weighted by atomic mass is 35.5. The van der Waals surface area contributed by atoms with Crippen LogP contribution in [0.2, 0.25) is 0 Å². The minimum atomic E-state index is -0.364. The summed E-state index contributed by atoms with van der Waals surface area (Å²) in [6, 6.07) is 7.53. The van der Waals surface area contributed by atoms with E-state index in [1.54, 1.807) is 0 Å². The van der Waals surface area contributed by atoms with Crippen LogP contribution >= 0.6 is 11.6 Å². The van der Waals surface area contributed by atoms with Gasteiger partial charge < -0.3 is 5.11 Å². The van der Waals surface area contributed by atoms with Gasteiger partial charge in [0.1, 0.15) is 0 Å². The van der Waals surface area contributed by atoms with Crippen LogP contribution in [0, 0.1) is 0 Å². The van der Waals surface area contributed by atoms with Crippen molar-refractivity contribution in [1.29, 1.82) is 0 Å². The van der Waals surface area contributed by atoms with Crippen LogP contribution in [0.25, 0.3) is 0 Å². The Morgan fingerprint density at radius 1 is 1.30 bits per heavy atom. The monoisotopic (exact) mass is 297 g/mol. The molecule has 1 unspecified atom stereocenters. The minimum Gasteiger partial charge on any atom is -0.396 e. The Hall–Kier alpha value is -0.900. The van der Waals surface area contributed by atoms with Gasteiger partial charge in [0.25, 0.3) is 0 Å². The summed E-state index contributed by atoms with van der Waals surface area (Å²) in [5.74, 6) is 0.0375. The molecule has 1 aromatic carbocycles. The molecule has 0 spiro atoms. The van der Waals surface area contributed by atoms with Crippen molar-refractivity contribution in [3.05, 3.63) is 35.4 Å². The van der Waals surface area contributed by atoms with E-state index in [1.165, 1.54) is 0 Å². The second-order valence-electron chi connectivity index (χ2n) is 6.01. The summed E-state index contributed by atoms with van der Waals surface area (Å²) >= 11 is 6.15. The molecule has 0 fully saturated rings. The fraction of sp³-hybridized carbons (Fsp3) is 0.562. The largest absolute Gasteiger partial charge is 0.396 e. The van der Waals surface area contributed by atoms with Gasteiger partial charge in [-0.3, -0.25) is 10.1 Å². The van der Waals surface area contributed by atoms with Gasteiger partial charge in [0, 0.05) is 24.1 Å². The third kappa shape index (κ3) is 6.51. The van der Waals surface area contributed by atoms with E-state index in [0.29, 0.717) is 5.56 Å². The summed E-state index contributed by atoms with van der Waals surface area (Å²) < 4.78 is 0. The molecule has 0 bridgehead atoms. The Labute approximate surface area is 126 Å². The SMILES string of the molecule is CC(C)(C)NC(Cl)CC(=O)c1ccc(CCCO)cc1. The fourth-order valence-electron chi connectivity index (χ4n) is 1.94. The average molecular weight is 298 g/mol. The van der Waals surface area contributed by atoms with E-state index in [1.807, 2.05) is 45.0 Å². The maximum absolute atomic E-state index is 12.1. The molecule has 112 valence electrons. The van der Waals surface area contributed by atoms with Crippen LogP contribution in [0.4, 0.5) is 0 Å². The number of hydrogen-bond donors (Lipinski definition) is 2. The van der Waals surface area contributed by atoms with Gasteiger partial charge in [0.2, 0.25) is 0 Å². The Bertz CT molecular complexity index is 423. The summed E-state index contributed by atoms with van der Waals surface area (Å²) in [7, 11) is 0. The third-order valence-electron chi connectivity index (χ3n) is 2.85. The molecule has 0 saturated heterocycles. The zero-order chi connectivity index (χ0) is 15.2. The quantitative estimate of drug-likeness (QED) is 0.462. The molecule has 1 rings (SSSR count). The first kappa shape index (κ1) is 17.2. The smallest absolute Gasteiger partial charge is 0.165 e. The van der Waals surface area contributed by atoms with Crippen molar-refractivity contribution in [1.82, 2.24) is 5.32 Å². The Kier molecular flexibility index (Phi) is 6.66. The molecule has 20 heavy (non-hydrogen) atoms. The lowest BCUT2D eigenvalue weighted by molar-refractivity contribution is 0.0976. The molecule has 1 aromatic rings. The predicted octanol–water partition coefficient (Wildman–Crippen LogP) is 3.14. The van der Waals surface area contributed by atoms with Crippen molar-refractivity contribution in [2.75, 3.05) is 6.61 Å². The Balaban J connectivity index is 2.55. The fourth-order valence-corrected chi connectivity index (χ4v) is 2.41. The van der Waals surface area contributed by atoms with Gasteiger partial charge in [-0.25, -0.2) is 0 Å². The van der Waals surface area contributed by atoms with E-state index in [2.05, 4.69) is 5.32 Å². The molecule has 0 amide bonds. The van der Waals surface area contributed by atoms with E-state index in [9.17, 15) is 4.79 Å². The minimum absolute atomic E-state index is 0.0375. The van der Waals surface area contributed by atoms with Crippen molar-refractivity contribution in [2.24, 2.45) is 0 Å². The lowest BCUT2D eigenvalue weighted by Gasteiger charge is -2.24. The number of nitrogens with one attached hydrogen (secondary N) is 1. The molecule has 4 heteroatoms. The van der Waals surface area contributed by atoms with Crippen LogP contribution in [-0.2, 0) is 6.42 Å². The van der Waals surface area contributed by atoms with Gasteiger partial charge in [0.15, 0.2) is 5.78 Å². The first-order valence-electron chi connectivity index (χ1n) is 6.96. The molecule has 0 aliphatic rings. The molecule has 3 nitrogen and oxygen atoms in total. The number of benzene rings is 1. The number of halogens is 1. The van der Waals surface area contributed by atoms with Crippen LogP contribution in [0.5, 0.6) is 0 Å². The number of alkyl halides is 1. The number of carbonyl (C=O) groups is 1. The highest BCUT2D eigenvalue weighted by Crippen LogP contribution is 2.13. The molecule has 0 saturated carbocycles. The van der Waals surface area contributed by atoms with Gasteiger partial charge in [-0.15, -0.1) is 11.6 Å². The zero-order valence-corrected chi connectivity index (χ0v) is 13.2. The summed E-state index contributed by atoms with van der Waals surface area (Å²) in [4.78, 5) is 12.1. The van der Waals surface area contributed by atoms with Crippen molar-refractivity contribution >= 4 is 17.4 Å². The number of hydrogen-bond acceptors (Lipinski definition) is 3. The normalized spacial score (nSPS) is 13.2. The van der Waals surface area contributed by atoms with Crippen LogP contribution < -0.4 is 5.32 Å². The van der Waals surface area contributed by atoms with E-state index in [0.717, 1.165) is 18.4 Å². The molecule has 0 aromatic heterocycles. The van der Waals surface area contributed by atoms with Crippen molar-refractivity contribution in [2.45, 2.75) is 51.1 Å². The van der Waals surface area contributed by atoms with Gasteiger partial charge in [-0.05, 0) is 39.2 Å². The number of ketones is 1. The second-order valence-corrected chi connectivity index (χ2v) is 6.54. The maximum Gasteiger partial charge on any atom is 0.165 e. The van der Waals surface area contributed by atoms with E-state index < -0.39 is 0 Å². The first-order valence-corrected chi connectivity index (χ1v) is 7.40. The maximum atomic E-state index is 12.1. The van der Waals surface area contributed by atoms with Gasteiger partial charge in [-0.1, -0.05) is 24.3 Å². The number of aryl methyl sites for hydroxylation is 1. The molecule has 1 atom stereocenters. The molecule has 0 aliphatic carbocycles. The van der Waals surface area contributed by atoms with E-state index in [-0.39, 0.29) is 29.9 Å². The number of aliphatic hydroxyl groups excluding tert-OH is 1. The van der Waals surface area contributed by atoms with Crippen LogP contribution in [0.3, 0.4) is 0 Å². The molecular formula is C16H24ClNO2. The second kappa shape index (κ2) is 7.77. The van der Waals surface area contributed by atoms with E-state index >= 15 is 0 Å². The number of aliphatic hydroxyl groups is 1. The topological polar surface area (TPSA) is 49.3 Å². The first-order chi connectivity index (χ1) is 9.31. The summed E-state index contributed by atoms with van der Waals surface area (Å²) in [6.45, 7) is 6.24. The van der Waals surface area contributed by atoms with Gasteiger partial charge >= 0.3 is 0 Å². The number of rotatable bonds is 7. The summed E-state index contributed by atoms with van der Waals surface area (Å²) in [6.07, 6.45) is 1.84. The summed E-state index contributed by atoms with van der Waals surface area (Å²) in [5.41, 5.74) is 1.34. The average Bonchev–Trinajstić information content (AvgIpc) is 2.34. The van der Waals surface area contributed by atoms with Gasteiger partial charge in [0.05, 0.1) is 5.50 Å². The molecule has 0 radical (unpaired) electrons. The van der Waals surface area contributed by atoms with Crippen LogP contribution in [0.1, 0.15) is 49.5 Å². The number of carbonyl (C=O) groups excluding carboxylic acids is 1. The van der Waals surface area contributed by atoms with Crippen molar-refractivity contribution in [3.8, 4) is 0 Å². The van der Waals surface area contributed by atoms with E-state index in [4.69, 9.17) is 16.7 Å². The predicted molar refractivity (Wildman–Crippen MR) is 83.3 cm³/mol. The molecule has 2 N–H and O–H groups in total. The molecule has 0 heterocycles.